The van der Waals surface area contributed by atoms with Crippen molar-refractivity contribution < 1.29 is 4.79 Å². The molecule has 2 aromatic rings. The first-order valence-corrected chi connectivity index (χ1v) is 7.26. The van der Waals surface area contributed by atoms with Crippen LogP contribution in [-0.4, -0.2) is 11.9 Å². The summed E-state index contributed by atoms with van der Waals surface area (Å²) < 4.78 is 0. The van der Waals surface area contributed by atoms with Crippen LogP contribution in [0.1, 0.15) is 30.9 Å². The van der Waals surface area contributed by atoms with Gasteiger partial charge in [-0.1, -0.05) is 56.3 Å². The molecule has 0 saturated carbocycles. The third-order valence-electron chi connectivity index (χ3n) is 3.48. The highest BCUT2D eigenvalue weighted by molar-refractivity contribution is 5.94. The zero-order valence-electron chi connectivity index (χ0n) is 12.5. The van der Waals surface area contributed by atoms with Gasteiger partial charge in [0.1, 0.15) is 0 Å². The lowest BCUT2D eigenvalue weighted by Crippen LogP contribution is -2.37. The number of benzene rings is 2. The molecule has 2 rings (SSSR count). The Kier molecular flexibility index (Phi) is 5.12. The highest BCUT2D eigenvalue weighted by atomic mass is 16.2. The predicted molar refractivity (Wildman–Crippen MR) is 87.3 cm³/mol. The fourth-order valence-corrected chi connectivity index (χ4v) is 2.15. The Hall–Kier alpha value is -2.13. The van der Waals surface area contributed by atoms with Gasteiger partial charge in [0.05, 0.1) is 6.04 Å². The van der Waals surface area contributed by atoms with E-state index in [-0.39, 0.29) is 5.91 Å². The van der Waals surface area contributed by atoms with Crippen LogP contribution in [0.15, 0.2) is 54.6 Å². The van der Waals surface area contributed by atoms with Crippen molar-refractivity contribution >= 4 is 11.6 Å². The molecule has 1 atom stereocenters. The van der Waals surface area contributed by atoms with Crippen molar-refractivity contribution in [2.75, 3.05) is 5.32 Å². The van der Waals surface area contributed by atoms with Crippen LogP contribution in [-0.2, 0) is 11.2 Å². The molecule has 0 saturated heterocycles. The fraction of sp³-hybridized carbons (Fsp3) is 0.278. The quantitative estimate of drug-likeness (QED) is 0.884. The second-order valence-electron chi connectivity index (χ2n) is 5.56. The first kappa shape index (κ1) is 15.3. The monoisotopic (exact) mass is 282 g/mol. The maximum absolute atomic E-state index is 12.1. The molecule has 0 aliphatic rings. The maximum Gasteiger partial charge on any atom is 0.241 e. The molecule has 0 bridgehead atoms. The van der Waals surface area contributed by atoms with Crippen molar-refractivity contribution in [3.05, 3.63) is 65.7 Å². The van der Waals surface area contributed by atoms with Crippen LogP contribution in [0.4, 0.5) is 5.69 Å². The van der Waals surface area contributed by atoms with Crippen LogP contribution in [0.5, 0.6) is 0 Å². The number of nitrogens with two attached hydrogens (primary N) is 1. The SMILES string of the molecule is CC(C)c1ccc(NC(=O)[C@H](N)Cc2ccccc2)cc1. The minimum atomic E-state index is -0.544. The molecule has 0 spiro atoms. The van der Waals surface area contributed by atoms with Crippen LogP contribution in [0.2, 0.25) is 0 Å². The first-order valence-electron chi connectivity index (χ1n) is 7.26. The average molecular weight is 282 g/mol. The van der Waals surface area contributed by atoms with Gasteiger partial charge < -0.3 is 11.1 Å². The maximum atomic E-state index is 12.1. The van der Waals surface area contributed by atoms with Gasteiger partial charge in [0.15, 0.2) is 0 Å². The smallest absolute Gasteiger partial charge is 0.241 e. The largest absolute Gasteiger partial charge is 0.325 e. The summed E-state index contributed by atoms with van der Waals surface area (Å²) in [7, 11) is 0. The van der Waals surface area contributed by atoms with Gasteiger partial charge in [0.2, 0.25) is 5.91 Å². The minimum Gasteiger partial charge on any atom is -0.325 e. The van der Waals surface area contributed by atoms with Gasteiger partial charge in [-0.05, 0) is 35.6 Å². The molecule has 0 radical (unpaired) electrons. The van der Waals surface area contributed by atoms with Crippen molar-refractivity contribution in [3.63, 3.8) is 0 Å². The number of amides is 1. The summed E-state index contributed by atoms with van der Waals surface area (Å²) in [5.74, 6) is 0.325. The number of rotatable bonds is 5. The van der Waals surface area contributed by atoms with Crippen molar-refractivity contribution in [3.8, 4) is 0 Å². The normalized spacial score (nSPS) is 12.2. The Labute approximate surface area is 126 Å². The Balaban J connectivity index is 1.94. The third kappa shape index (κ3) is 4.43. The average Bonchev–Trinajstić information content (AvgIpc) is 2.48. The van der Waals surface area contributed by atoms with Crippen molar-refractivity contribution in [2.45, 2.75) is 32.2 Å². The highest BCUT2D eigenvalue weighted by Crippen LogP contribution is 2.17. The van der Waals surface area contributed by atoms with Crippen molar-refractivity contribution in [2.24, 2.45) is 5.73 Å². The summed E-state index contributed by atoms with van der Waals surface area (Å²) in [5, 5.41) is 2.86. The van der Waals surface area contributed by atoms with Gasteiger partial charge >= 0.3 is 0 Å². The van der Waals surface area contributed by atoms with E-state index in [0.717, 1.165) is 11.3 Å². The summed E-state index contributed by atoms with van der Waals surface area (Å²) in [6.45, 7) is 4.28. The number of carbonyl (C=O) groups is 1. The van der Waals surface area contributed by atoms with Gasteiger partial charge in [0.25, 0.3) is 0 Å². The van der Waals surface area contributed by atoms with E-state index in [4.69, 9.17) is 5.73 Å². The summed E-state index contributed by atoms with van der Waals surface area (Å²) in [5.41, 5.74) is 9.06. The summed E-state index contributed by atoms with van der Waals surface area (Å²) in [4.78, 5) is 12.1. The van der Waals surface area contributed by atoms with Crippen molar-refractivity contribution in [1.29, 1.82) is 0 Å². The standard InChI is InChI=1S/C18H22N2O/c1-13(2)15-8-10-16(11-9-15)20-18(21)17(19)12-14-6-4-3-5-7-14/h3-11,13,17H,12,19H2,1-2H3,(H,20,21)/t17-/m1/s1. The number of hydrogen-bond acceptors (Lipinski definition) is 2. The molecule has 0 aliphatic heterocycles. The molecule has 0 heterocycles. The summed E-state index contributed by atoms with van der Waals surface area (Å²) in [6.07, 6.45) is 0.538. The van der Waals surface area contributed by atoms with E-state index < -0.39 is 6.04 Å². The van der Waals surface area contributed by atoms with Gasteiger partial charge in [-0.2, -0.15) is 0 Å². The molecule has 0 aromatic heterocycles. The summed E-state index contributed by atoms with van der Waals surface area (Å²) >= 11 is 0. The summed E-state index contributed by atoms with van der Waals surface area (Å²) in [6, 6.07) is 17.2. The lowest BCUT2D eigenvalue weighted by atomic mass is 10.0. The zero-order valence-corrected chi connectivity index (χ0v) is 12.5. The van der Waals surface area contributed by atoms with E-state index in [1.807, 2.05) is 54.6 Å². The second kappa shape index (κ2) is 7.04. The molecule has 3 heteroatoms. The van der Waals surface area contributed by atoms with E-state index >= 15 is 0 Å². The van der Waals surface area contributed by atoms with E-state index in [1.165, 1.54) is 5.56 Å². The Morgan fingerprint density at radius 1 is 1.05 bits per heavy atom. The minimum absolute atomic E-state index is 0.156. The molecule has 1 amide bonds. The lowest BCUT2D eigenvalue weighted by Gasteiger charge is -2.13. The topological polar surface area (TPSA) is 55.1 Å². The van der Waals surface area contributed by atoms with E-state index in [0.29, 0.717) is 12.3 Å². The number of hydrogen-bond donors (Lipinski definition) is 2. The van der Waals surface area contributed by atoms with Gasteiger partial charge in [-0.3, -0.25) is 4.79 Å². The Morgan fingerprint density at radius 2 is 1.67 bits per heavy atom. The van der Waals surface area contributed by atoms with Gasteiger partial charge in [0, 0.05) is 5.69 Å². The molecular weight excluding hydrogens is 260 g/mol. The molecule has 3 N–H and O–H groups in total. The van der Waals surface area contributed by atoms with Crippen LogP contribution in [0.3, 0.4) is 0 Å². The highest BCUT2D eigenvalue weighted by Gasteiger charge is 2.14. The van der Waals surface area contributed by atoms with Crippen LogP contribution in [0, 0.1) is 0 Å². The molecule has 3 nitrogen and oxygen atoms in total. The van der Waals surface area contributed by atoms with Gasteiger partial charge in [-0.15, -0.1) is 0 Å². The Morgan fingerprint density at radius 3 is 2.24 bits per heavy atom. The van der Waals surface area contributed by atoms with E-state index in [1.54, 1.807) is 0 Å². The predicted octanol–water partition coefficient (Wildman–Crippen LogP) is 3.32. The molecule has 110 valence electrons. The van der Waals surface area contributed by atoms with Gasteiger partial charge in [-0.25, -0.2) is 0 Å². The molecular formula is C18H22N2O. The molecule has 21 heavy (non-hydrogen) atoms. The van der Waals surface area contributed by atoms with Crippen LogP contribution < -0.4 is 11.1 Å². The lowest BCUT2D eigenvalue weighted by molar-refractivity contribution is -0.117. The van der Waals surface area contributed by atoms with E-state index in [2.05, 4.69) is 19.2 Å². The fourth-order valence-electron chi connectivity index (χ4n) is 2.15. The third-order valence-corrected chi connectivity index (χ3v) is 3.48. The number of anilines is 1. The Bertz CT molecular complexity index is 576. The first-order chi connectivity index (χ1) is 10.1. The molecule has 2 aromatic carbocycles. The molecule has 0 aliphatic carbocycles. The zero-order chi connectivity index (χ0) is 15.2. The number of carbonyl (C=O) groups excluding carboxylic acids is 1. The molecule has 0 fully saturated rings. The van der Waals surface area contributed by atoms with Crippen LogP contribution in [0.25, 0.3) is 0 Å². The number of nitrogens with one attached hydrogen (secondary N) is 1. The van der Waals surface area contributed by atoms with E-state index in [9.17, 15) is 4.79 Å². The molecule has 0 unspecified atom stereocenters. The van der Waals surface area contributed by atoms with Crippen LogP contribution >= 0.6 is 0 Å². The second-order valence-corrected chi connectivity index (χ2v) is 5.56. The van der Waals surface area contributed by atoms with Crippen molar-refractivity contribution in [1.82, 2.24) is 0 Å².